The Bertz CT molecular complexity index is 750. The fraction of sp³-hybridized carbons (Fsp3) is 0.167. The summed E-state index contributed by atoms with van der Waals surface area (Å²) in [5.74, 6) is 0. The van der Waals surface area contributed by atoms with E-state index in [0.717, 1.165) is 29.4 Å². The summed E-state index contributed by atoms with van der Waals surface area (Å²) in [6.07, 6.45) is 1.91. The molecular formula is C18H16OS. The van der Waals surface area contributed by atoms with E-state index in [0.29, 0.717) is 0 Å². The zero-order chi connectivity index (χ0) is 14.1. The van der Waals surface area contributed by atoms with Crippen LogP contribution < -0.4 is 0 Å². The SMILES string of the molecule is CCc1cc(-c2cc3ccccc3s2)cc(C=O)c1C. The highest BCUT2D eigenvalue weighted by Crippen LogP contribution is 2.35. The molecule has 0 aliphatic rings. The third-order valence-electron chi connectivity index (χ3n) is 3.77. The number of hydrogen-bond donors (Lipinski definition) is 0. The zero-order valence-electron chi connectivity index (χ0n) is 11.6. The van der Waals surface area contributed by atoms with Gasteiger partial charge in [0.25, 0.3) is 0 Å². The van der Waals surface area contributed by atoms with Crippen LogP contribution in [0.5, 0.6) is 0 Å². The van der Waals surface area contributed by atoms with Crippen LogP contribution in [0.2, 0.25) is 0 Å². The molecule has 2 heteroatoms. The minimum absolute atomic E-state index is 0.803. The van der Waals surface area contributed by atoms with E-state index in [9.17, 15) is 4.79 Å². The number of carbonyl (C=O) groups excluding carboxylic acids is 1. The Morgan fingerprint density at radius 3 is 2.65 bits per heavy atom. The molecule has 0 atom stereocenters. The second-order valence-corrected chi connectivity index (χ2v) is 6.05. The van der Waals surface area contributed by atoms with Crippen LogP contribution in [0.4, 0.5) is 0 Å². The number of fused-ring (bicyclic) bond motifs is 1. The Labute approximate surface area is 122 Å². The molecule has 0 aliphatic carbocycles. The number of benzene rings is 2. The number of aldehydes is 1. The van der Waals surface area contributed by atoms with Gasteiger partial charge in [0.05, 0.1) is 0 Å². The first kappa shape index (κ1) is 13.1. The summed E-state index contributed by atoms with van der Waals surface area (Å²) < 4.78 is 1.29. The monoisotopic (exact) mass is 280 g/mol. The second-order valence-electron chi connectivity index (χ2n) is 4.97. The number of rotatable bonds is 3. The first-order chi connectivity index (χ1) is 9.72. The van der Waals surface area contributed by atoms with Crippen molar-refractivity contribution in [2.75, 3.05) is 0 Å². The predicted molar refractivity (Wildman–Crippen MR) is 86.8 cm³/mol. The van der Waals surface area contributed by atoms with Crippen molar-refractivity contribution < 1.29 is 4.79 Å². The third-order valence-corrected chi connectivity index (χ3v) is 4.94. The zero-order valence-corrected chi connectivity index (χ0v) is 12.5. The van der Waals surface area contributed by atoms with Crippen LogP contribution in [0.1, 0.15) is 28.4 Å². The summed E-state index contributed by atoms with van der Waals surface area (Å²) in [5.41, 5.74) is 4.31. The van der Waals surface area contributed by atoms with Gasteiger partial charge in [-0.25, -0.2) is 0 Å². The highest BCUT2D eigenvalue weighted by Gasteiger charge is 2.09. The summed E-state index contributed by atoms with van der Waals surface area (Å²) >= 11 is 1.78. The Morgan fingerprint density at radius 1 is 1.15 bits per heavy atom. The molecule has 3 aromatic rings. The van der Waals surface area contributed by atoms with Gasteiger partial charge in [-0.05, 0) is 53.6 Å². The molecule has 0 aliphatic heterocycles. The van der Waals surface area contributed by atoms with Crippen LogP contribution in [0.25, 0.3) is 20.5 Å². The van der Waals surface area contributed by atoms with Gasteiger partial charge in [0.1, 0.15) is 6.29 Å². The van der Waals surface area contributed by atoms with Gasteiger partial charge in [-0.1, -0.05) is 31.2 Å². The summed E-state index contributed by atoms with van der Waals surface area (Å²) in [5, 5.41) is 1.26. The summed E-state index contributed by atoms with van der Waals surface area (Å²) in [7, 11) is 0. The average Bonchev–Trinajstić information content (AvgIpc) is 2.91. The molecule has 0 amide bonds. The van der Waals surface area contributed by atoms with Gasteiger partial charge in [0, 0.05) is 15.1 Å². The van der Waals surface area contributed by atoms with Crippen molar-refractivity contribution in [1.82, 2.24) is 0 Å². The highest BCUT2D eigenvalue weighted by atomic mass is 32.1. The van der Waals surface area contributed by atoms with Crippen LogP contribution in [0.3, 0.4) is 0 Å². The van der Waals surface area contributed by atoms with Gasteiger partial charge in [-0.3, -0.25) is 4.79 Å². The quantitative estimate of drug-likeness (QED) is 0.599. The van der Waals surface area contributed by atoms with Crippen molar-refractivity contribution in [3.63, 3.8) is 0 Å². The van der Waals surface area contributed by atoms with Crippen molar-refractivity contribution in [2.45, 2.75) is 20.3 Å². The van der Waals surface area contributed by atoms with Crippen LogP contribution in [0.15, 0.2) is 42.5 Å². The van der Waals surface area contributed by atoms with Crippen molar-refractivity contribution >= 4 is 27.7 Å². The molecule has 0 spiro atoms. The van der Waals surface area contributed by atoms with E-state index in [1.807, 2.05) is 13.0 Å². The smallest absolute Gasteiger partial charge is 0.150 e. The van der Waals surface area contributed by atoms with Crippen LogP contribution >= 0.6 is 11.3 Å². The van der Waals surface area contributed by atoms with Crippen molar-refractivity contribution in [3.05, 3.63) is 59.2 Å². The summed E-state index contributed by atoms with van der Waals surface area (Å²) in [6, 6.07) is 14.8. The predicted octanol–water partition coefficient (Wildman–Crippen LogP) is 5.25. The third kappa shape index (κ3) is 2.16. The van der Waals surface area contributed by atoms with E-state index in [1.165, 1.54) is 20.5 Å². The number of hydrogen-bond acceptors (Lipinski definition) is 2. The number of thiophene rings is 1. The summed E-state index contributed by atoms with van der Waals surface area (Å²) in [4.78, 5) is 12.5. The lowest BCUT2D eigenvalue weighted by Crippen LogP contribution is -1.94. The Balaban J connectivity index is 2.20. The molecule has 0 radical (unpaired) electrons. The standard InChI is InChI=1S/C18H16OS/c1-3-13-8-15(9-16(11-19)12(13)2)18-10-14-6-4-5-7-17(14)20-18/h4-11H,3H2,1-2H3. The fourth-order valence-electron chi connectivity index (χ4n) is 2.55. The maximum Gasteiger partial charge on any atom is 0.150 e. The van der Waals surface area contributed by atoms with E-state index in [1.54, 1.807) is 11.3 Å². The van der Waals surface area contributed by atoms with Gasteiger partial charge in [0.15, 0.2) is 0 Å². The van der Waals surface area contributed by atoms with Crippen molar-refractivity contribution in [2.24, 2.45) is 0 Å². The lowest BCUT2D eigenvalue weighted by Gasteiger charge is -2.09. The van der Waals surface area contributed by atoms with Crippen LogP contribution in [0, 0.1) is 6.92 Å². The fourth-order valence-corrected chi connectivity index (χ4v) is 3.60. The lowest BCUT2D eigenvalue weighted by atomic mass is 9.97. The second kappa shape index (κ2) is 5.22. The van der Waals surface area contributed by atoms with Gasteiger partial charge < -0.3 is 0 Å². The Hall–Kier alpha value is -1.93. The summed E-state index contributed by atoms with van der Waals surface area (Å²) in [6.45, 7) is 4.16. The molecule has 3 rings (SSSR count). The topological polar surface area (TPSA) is 17.1 Å². The van der Waals surface area contributed by atoms with Gasteiger partial charge in [0.2, 0.25) is 0 Å². The molecule has 1 heterocycles. The molecule has 1 nitrogen and oxygen atoms in total. The van der Waals surface area contributed by atoms with Gasteiger partial charge >= 0.3 is 0 Å². The molecule has 0 saturated heterocycles. The molecule has 0 N–H and O–H groups in total. The Morgan fingerprint density at radius 2 is 1.95 bits per heavy atom. The van der Waals surface area contributed by atoms with Gasteiger partial charge in [-0.2, -0.15) is 0 Å². The van der Waals surface area contributed by atoms with E-state index in [4.69, 9.17) is 0 Å². The molecule has 0 bridgehead atoms. The highest BCUT2D eigenvalue weighted by molar-refractivity contribution is 7.22. The van der Waals surface area contributed by atoms with E-state index in [2.05, 4.69) is 43.3 Å². The van der Waals surface area contributed by atoms with Crippen LogP contribution in [-0.2, 0) is 6.42 Å². The van der Waals surface area contributed by atoms with E-state index in [-0.39, 0.29) is 0 Å². The molecule has 20 heavy (non-hydrogen) atoms. The number of aryl methyl sites for hydroxylation is 1. The maximum absolute atomic E-state index is 11.3. The molecule has 0 unspecified atom stereocenters. The Kier molecular flexibility index (Phi) is 3.41. The van der Waals surface area contributed by atoms with Gasteiger partial charge in [-0.15, -0.1) is 11.3 Å². The molecule has 2 aromatic carbocycles. The van der Waals surface area contributed by atoms with Crippen molar-refractivity contribution in [1.29, 1.82) is 0 Å². The largest absolute Gasteiger partial charge is 0.298 e. The first-order valence-corrected chi connectivity index (χ1v) is 7.62. The van der Waals surface area contributed by atoms with Crippen molar-refractivity contribution in [3.8, 4) is 10.4 Å². The minimum Gasteiger partial charge on any atom is -0.298 e. The number of carbonyl (C=O) groups is 1. The maximum atomic E-state index is 11.3. The normalized spacial score (nSPS) is 10.9. The van der Waals surface area contributed by atoms with E-state index >= 15 is 0 Å². The molecule has 100 valence electrons. The molecule has 0 fully saturated rings. The first-order valence-electron chi connectivity index (χ1n) is 6.80. The minimum atomic E-state index is 0.803. The lowest BCUT2D eigenvalue weighted by molar-refractivity contribution is 0.112. The van der Waals surface area contributed by atoms with E-state index < -0.39 is 0 Å². The average molecular weight is 280 g/mol. The molecule has 0 saturated carbocycles. The molecular weight excluding hydrogens is 264 g/mol. The van der Waals surface area contributed by atoms with Crippen LogP contribution in [-0.4, -0.2) is 6.29 Å². The molecule has 1 aromatic heterocycles.